The first-order valence-electron chi connectivity index (χ1n) is 6.29. The topological polar surface area (TPSA) is 74.2 Å². The Balaban J connectivity index is 3.12. The fourth-order valence-corrected chi connectivity index (χ4v) is 1.11. The first-order valence-corrected chi connectivity index (χ1v) is 6.29. The first kappa shape index (κ1) is 17.2. The molecule has 0 aromatic rings. The van der Waals surface area contributed by atoms with Crippen molar-refractivity contribution in [1.82, 2.24) is 0 Å². The first-order chi connectivity index (χ1) is 8.66. The molecule has 108 valence electrons. The van der Waals surface area contributed by atoms with E-state index >= 15 is 0 Å². The molecule has 0 saturated carbocycles. The molecule has 0 spiro atoms. The second-order valence-corrected chi connectivity index (χ2v) is 3.84. The third-order valence-corrected chi connectivity index (χ3v) is 2.09. The molecular formula is C12H24O6. The number of hydrogen-bond acceptors (Lipinski definition) is 5. The van der Waals surface area contributed by atoms with E-state index < -0.39 is 6.16 Å². The molecule has 0 aliphatic carbocycles. The van der Waals surface area contributed by atoms with E-state index in [1.54, 1.807) is 6.92 Å². The number of hydrogen-bond donors (Lipinski definition) is 1. The molecule has 0 aliphatic rings. The number of carboxylic acid groups (broad SMARTS) is 1. The van der Waals surface area contributed by atoms with Gasteiger partial charge in [0.05, 0.1) is 32.5 Å². The van der Waals surface area contributed by atoms with Crippen LogP contribution in [-0.4, -0.2) is 57.0 Å². The molecule has 1 N–H and O–H groups in total. The van der Waals surface area contributed by atoms with Crippen LogP contribution in [0.1, 0.15) is 26.7 Å². The summed E-state index contributed by atoms with van der Waals surface area (Å²) in [6.45, 7) is 6.71. The summed E-state index contributed by atoms with van der Waals surface area (Å²) in [6, 6.07) is 0. The summed E-state index contributed by atoms with van der Waals surface area (Å²) in [5.74, 6) is 0. The van der Waals surface area contributed by atoms with E-state index in [2.05, 4.69) is 11.7 Å². The summed E-state index contributed by atoms with van der Waals surface area (Å²) >= 11 is 0. The van der Waals surface area contributed by atoms with Crippen LogP contribution in [0.4, 0.5) is 4.79 Å². The largest absolute Gasteiger partial charge is 0.505 e. The van der Waals surface area contributed by atoms with Gasteiger partial charge in [0.2, 0.25) is 0 Å². The standard InChI is InChI=1S/C12H24O6/c1-3-4-5-15-6-7-16-8-9-17-11(2)10-18-12(13)14/h11H,3-10H2,1-2H3,(H,13,14). The molecule has 0 heterocycles. The molecule has 6 nitrogen and oxygen atoms in total. The zero-order chi connectivity index (χ0) is 13.6. The highest BCUT2D eigenvalue weighted by atomic mass is 16.7. The van der Waals surface area contributed by atoms with Crippen molar-refractivity contribution in [2.24, 2.45) is 0 Å². The highest BCUT2D eigenvalue weighted by molar-refractivity contribution is 5.56. The molecule has 6 heteroatoms. The lowest BCUT2D eigenvalue weighted by Crippen LogP contribution is -2.20. The molecular weight excluding hydrogens is 240 g/mol. The molecule has 0 aromatic heterocycles. The Kier molecular flexibility index (Phi) is 12.0. The summed E-state index contributed by atoms with van der Waals surface area (Å²) < 4.78 is 20.2. The maximum Gasteiger partial charge on any atom is 0.505 e. The molecule has 0 bridgehead atoms. The number of ether oxygens (including phenoxy) is 4. The van der Waals surface area contributed by atoms with Gasteiger partial charge < -0.3 is 24.1 Å². The van der Waals surface area contributed by atoms with Gasteiger partial charge in [-0.15, -0.1) is 0 Å². The fraction of sp³-hybridized carbons (Fsp3) is 0.917. The molecule has 0 aromatic carbocycles. The van der Waals surface area contributed by atoms with Crippen molar-refractivity contribution in [2.75, 3.05) is 39.6 Å². The maximum absolute atomic E-state index is 10.1. The Morgan fingerprint density at radius 1 is 1.11 bits per heavy atom. The lowest BCUT2D eigenvalue weighted by molar-refractivity contribution is -0.0300. The van der Waals surface area contributed by atoms with Crippen LogP contribution in [0.3, 0.4) is 0 Å². The van der Waals surface area contributed by atoms with Gasteiger partial charge >= 0.3 is 6.16 Å². The minimum absolute atomic E-state index is 0.0372. The fourth-order valence-electron chi connectivity index (χ4n) is 1.11. The van der Waals surface area contributed by atoms with Gasteiger partial charge in [0.1, 0.15) is 6.61 Å². The second-order valence-electron chi connectivity index (χ2n) is 3.84. The molecule has 0 amide bonds. The van der Waals surface area contributed by atoms with Crippen LogP contribution in [-0.2, 0) is 18.9 Å². The van der Waals surface area contributed by atoms with Crippen molar-refractivity contribution in [3.8, 4) is 0 Å². The Hall–Kier alpha value is -0.850. The van der Waals surface area contributed by atoms with Gasteiger partial charge in [-0.3, -0.25) is 0 Å². The van der Waals surface area contributed by atoms with Crippen molar-refractivity contribution >= 4 is 6.16 Å². The third-order valence-electron chi connectivity index (χ3n) is 2.09. The number of carbonyl (C=O) groups is 1. The molecule has 0 rings (SSSR count). The highest BCUT2D eigenvalue weighted by Gasteiger charge is 2.05. The van der Waals surface area contributed by atoms with Gasteiger partial charge in [-0.05, 0) is 13.3 Å². The molecule has 0 saturated heterocycles. The lowest BCUT2D eigenvalue weighted by Gasteiger charge is -2.12. The Labute approximate surface area is 108 Å². The van der Waals surface area contributed by atoms with Gasteiger partial charge in [-0.25, -0.2) is 4.79 Å². The zero-order valence-electron chi connectivity index (χ0n) is 11.2. The zero-order valence-corrected chi connectivity index (χ0v) is 11.2. The predicted octanol–water partition coefficient (Wildman–Crippen LogP) is 1.92. The minimum atomic E-state index is -1.29. The second kappa shape index (κ2) is 12.6. The number of unbranched alkanes of at least 4 members (excludes halogenated alkanes) is 1. The summed E-state index contributed by atoms with van der Waals surface area (Å²) in [7, 11) is 0. The van der Waals surface area contributed by atoms with Gasteiger partial charge in [-0.1, -0.05) is 13.3 Å². The van der Waals surface area contributed by atoms with E-state index in [0.29, 0.717) is 26.4 Å². The summed E-state index contributed by atoms with van der Waals surface area (Å²) in [6.07, 6.45) is 0.659. The van der Waals surface area contributed by atoms with Crippen LogP contribution in [0.25, 0.3) is 0 Å². The quantitative estimate of drug-likeness (QED) is 0.429. The van der Waals surface area contributed by atoms with Crippen molar-refractivity contribution in [2.45, 2.75) is 32.8 Å². The normalized spacial score (nSPS) is 12.3. The van der Waals surface area contributed by atoms with Gasteiger partial charge in [0, 0.05) is 6.61 Å². The van der Waals surface area contributed by atoms with E-state index in [1.165, 1.54) is 0 Å². The van der Waals surface area contributed by atoms with Crippen LogP contribution < -0.4 is 0 Å². The summed E-state index contributed by atoms with van der Waals surface area (Å²) in [4.78, 5) is 10.1. The van der Waals surface area contributed by atoms with Crippen LogP contribution in [0.15, 0.2) is 0 Å². The molecule has 18 heavy (non-hydrogen) atoms. The Morgan fingerprint density at radius 3 is 2.33 bits per heavy atom. The van der Waals surface area contributed by atoms with Crippen molar-refractivity contribution in [1.29, 1.82) is 0 Å². The van der Waals surface area contributed by atoms with Crippen LogP contribution in [0.2, 0.25) is 0 Å². The average Bonchev–Trinajstić information content (AvgIpc) is 2.34. The van der Waals surface area contributed by atoms with E-state index in [-0.39, 0.29) is 12.7 Å². The van der Waals surface area contributed by atoms with Crippen LogP contribution >= 0.6 is 0 Å². The lowest BCUT2D eigenvalue weighted by atomic mass is 10.4. The average molecular weight is 264 g/mol. The van der Waals surface area contributed by atoms with Crippen molar-refractivity contribution in [3.05, 3.63) is 0 Å². The van der Waals surface area contributed by atoms with Crippen LogP contribution in [0.5, 0.6) is 0 Å². The Bertz CT molecular complexity index is 197. The molecule has 0 radical (unpaired) electrons. The van der Waals surface area contributed by atoms with E-state index in [1.807, 2.05) is 0 Å². The molecule has 0 aliphatic heterocycles. The number of rotatable bonds is 12. The van der Waals surface area contributed by atoms with Crippen molar-refractivity contribution < 1.29 is 28.8 Å². The molecule has 1 unspecified atom stereocenters. The predicted molar refractivity (Wildman–Crippen MR) is 65.9 cm³/mol. The monoisotopic (exact) mass is 264 g/mol. The van der Waals surface area contributed by atoms with E-state index in [0.717, 1.165) is 19.4 Å². The Morgan fingerprint density at radius 2 is 1.72 bits per heavy atom. The molecule has 1 atom stereocenters. The molecule has 0 fully saturated rings. The SMILES string of the molecule is CCCCOCCOCCOC(C)COC(=O)O. The van der Waals surface area contributed by atoms with E-state index in [4.69, 9.17) is 19.3 Å². The summed E-state index contributed by atoms with van der Waals surface area (Å²) in [5.41, 5.74) is 0. The minimum Gasteiger partial charge on any atom is -0.450 e. The van der Waals surface area contributed by atoms with E-state index in [9.17, 15) is 4.79 Å². The van der Waals surface area contributed by atoms with Gasteiger partial charge in [0.15, 0.2) is 0 Å². The maximum atomic E-state index is 10.1. The smallest absolute Gasteiger partial charge is 0.450 e. The third kappa shape index (κ3) is 13.2. The van der Waals surface area contributed by atoms with Gasteiger partial charge in [-0.2, -0.15) is 0 Å². The summed E-state index contributed by atoms with van der Waals surface area (Å²) in [5, 5.41) is 8.28. The van der Waals surface area contributed by atoms with Crippen LogP contribution in [0, 0.1) is 0 Å². The highest BCUT2D eigenvalue weighted by Crippen LogP contribution is 1.93. The van der Waals surface area contributed by atoms with Gasteiger partial charge in [0.25, 0.3) is 0 Å². The van der Waals surface area contributed by atoms with Crippen molar-refractivity contribution in [3.63, 3.8) is 0 Å².